The highest BCUT2D eigenvalue weighted by atomic mass is 32.2. The normalized spacial score (nSPS) is 18.6. The van der Waals surface area contributed by atoms with Crippen molar-refractivity contribution < 1.29 is 13.2 Å². The number of fused-ring (bicyclic) bond motifs is 2. The maximum atomic E-state index is 13.2. The third-order valence-electron chi connectivity index (χ3n) is 6.54. The van der Waals surface area contributed by atoms with Crippen molar-refractivity contribution in [3.05, 3.63) is 66.5 Å². The van der Waals surface area contributed by atoms with Crippen LogP contribution in [0.5, 0.6) is 0 Å². The smallest absolute Gasteiger partial charge is 0.240 e. The number of hydrogen-bond donors (Lipinski definition) is 2. The van der Waals surface area contributed by atoms with E-state index in [1.807, 2.05) is 37.5 Å². The van der Waals surface area contributed by atoms with E-state index in [1.54, 1.807) is 19.2 Å². The van der Waals surface area contributed by atoms with Gasteiger partial charge in [-0.15, -0.1) is 0 Å². The molecule has 2 N–H and O–H groups in total. The van der Waals surface area contributed by atoms with Crippen molar-refractivity contribution in [2.24, 2.45) is 7.05 Å². The number of H-pyrrole nitrogens is 1. The first-order valence-electron chi connectivity index (χ1n) is 10.8. The molecule has 1 unspecified atom stereocenters. The number of likely N-dealkylation sites (tertiary alicyclic amines) is 1. The highest BCUT2D eigenvalue weighted by Gasteiger charge is 2.32. The van der Waals surface area contributed by atoms with Gasteiger partial charge in [0.05, 0.1) is 17.0 Å². The number of benzene rings is 2. The number of para-hydroxylation sites is 1. The van der Waals surface area contributed by atoms with Crippen molar-refractivity contribution in [1.82, 2.24) is 19.2 Å². The molecule has 32 heavy (non-hydrogen) atoms. The molecular weight excluding hydrogens is 424 g/mol. The number of nitrogens with one attached hydrogen (secondary N) is 2. The molecule has 0 amide bonds. The Morgan fingerprint density at radius 3 is 2.88 bits per heavy atom. The predicted octanol–water partition coefficient (Wildman–Crippen LogP) is 3.40. The summed E-state index contributed by atoms with van der Waals surface area (Å²) in [4.78, 5) is 5.67. The molecule has 7 nitrogen and oxygen atoms in total. The molecular formula is C24H28N4O3S. The van der Waals surface area contributed by atoms with Crippen molar-refractivity contribution >= 4 is 31.8 Å². The van der Waals surface area contributed by atoms with Crippen LogP contribution in [0.15, 0.2) is 65.8 Å². The van der Waals surface area contributed by atoms with E-state index in [2.05, 4.69) is 37.5 Å². The Hall–Kier alpha value is -2.65. The van der Waals surface area contributed by atoms with Crippen molar-refractivity contribution in [3.8, 4) is 0 Å². The Morgan fingerprint density at radius 1 is 1.22 bits per heavy atom. The minimum Gasteiger partial charge on any atom is -0.380 e. The maximum Gasteiger partial charge on any atom is 0.240 e. The minimum absolute atomic E-state index is 0.0924. The maximum absolute atomic E-state index is 13.2. The van der Waals surface area contributed by atoms with Gasteiger partial charge in [0.25, 0.3) is 0 Å². The molecule has 2 atom stereocenters. The van der Waals surface area contributed by atoms with Gasteiger partial charge in [0.2, 0.25) is 10.0 Å². The van der Waals surface area contributed by atoms with E-state index < -0.39 is 10.0 Å². The quantitative estimate of drug-likeness (QED) is 0.450. The van der Waals surface area contributed by atoms with Crippen molar-refractivity contribution in [2.45, 2.75) is 23.5 Å². The molecule has 5 rings (SSSR count). The Morgan fingerprint density at radius 2 is 2.06 bits per heavy atom. The zero-order valence-electron chi connectivity index (χ0n) is 18.3. The first kappa shape index (κ1) is 21.2. The summed E-state index contributed by atoms with van der Waals surface area (Å²) < 4.78 is 36.9. The zero-order chi connectivity index (χ0) is 22.3. The third-order valence-corrected chi connectivity index (χ3v) is 7.96. The summed E-state index contributed by atoms with van der Waals surface area (Å²) in [6.07, 6.45) is 5.03. The fraction of sp³-hybridized carbons (Fsp3) is 0.333. The zero-order valence-corrected chi connectivity index (χ0v) is 19.1. The summed E-state index contributed by atoms with van der Waals surface area (Å²) in [5, 5.41) is 2.13. The highest BCUT2D eigenvalue weighted by molar-refractivity contribution is 7.89. The number of aryl methyl sites for hydroxylation is 1. The Kier molecular flexibility index (Phi) is 5.54. The molecule has 1 aliphatic rings. The van der Waals surface area contributed by atoms with Crippen LogP contribution < -0.4 is 4.72 Å². The first-order valence-corrected chi connectivity index (χ1v) is 12.3. The van der Waals surface area contributed by atoms with Crippen LogP contribution in [0.1, 0.15) is 18.0 Å². The van der Waals surface area contributed by atoms with Gasteiger partial charge in [0, 0.05) is 62.6 Å². The molecule has 8 heteroatoms. The second-order valence-electron chi connectivity index (χ2n) is 8.45. The number of rotatable bonds is 7. The van der Waals surface area contributed by atoms with Crippen LogP contribution in [-0.4, -0.2) is 55.7 Å². The van der Waals surface area contributed by atoms with Gasteiger partial charge in [-0.3, -0.25) is 4.90 Å². The number of aromatic nitrogens is 2. The van der Waals surface area contributed by atoms with Gasteiger partial charge in [-0.05, 0) is 41.6 Å². The van der Waals surface area contributed by atoms with Crippen LogP contribution in [0.25, 0.3) is 21.8 Å². The van der Waals surface area contributed by atoms with Crippen LogP contribution >= 0.6 is 0 Å². The molecule has 3 heterocycles. The van der Waals surface area contributed by atoms with E-state index in [9.17, 15) is 8.42 Å². The lowest BCUT2D eigenvalue weighted by atomic mass is 10.0. The first-order chi connectivity index (χ1) is 15.5. The van der Waals surface area contributed by atoms with Crippen molar-refractivity contribution in [1.29, 1.82) is 0 Å². The van der Waals surface area contributed by atoms with Crippen LogP contribution in [0.4, 0.5) is 0 Å². The van der Waals surface area contributed by atoms with Gasteiger partial charge in [0.1, 0.15) is 0 Å². The van der Waals surface area contributed by atoms with Gasteiger partial charge < -0.3 is 14.3 Å². The summed E-state index contributed by atoms with van der Waals surface area (Å²) in [6.45, 7) is 1.93. The second-order valence-corrected chi connectivity index (χ2v) is 10.2. The molecule has 2 aromatic heterocycles. The van der Waals surface area contributed by atoms with Gasteiger partial charge >= 0.3 is 0 Å². The third kappa shape index (κ3) is 3.84. The van der Waals surface area contributed by atoms with Crippen LogP contribution in [-0.2, 0) is 21.8 Å². The number of ether oxygens (including phenoxy) is 1. The lowest BCUT2D eigenvalue weighted by Crippen LogP contribution is -2.37. The molecule has 0 saturated carbocycles. The largest absolute Gasteiger partial charge is 0.380 e. The van der Waals surface area contributed by atoms with Gasteiger partial charge in [-0.25, -0.2) is 13.1 Å². The fourth-order valence-electron chi connectivity index (χ4n) is 4.77. The molecule has 0 radical (unpaired) electrons. The van der Waals surface area contributed by atoms with Crippen LogP contribution in [0.3, 0.4) is 0 Å². The average molecular weight is 453 g/mol. The molecule has 1 fully saturated rings. The molecule has 168 valence electrons. The summed E-state index contributed by atoms with van der Waals surface area (Å²) >= 11 is 0. The molecule has 0 spiro atoms. The molecule has 1 saturated heterocycles. The van der Waals surface area contributed by atoms with Crippen LogP contribution in [0.2, 0.25) is 0 Å². The average Bonchev–Trinajstić information content (AvgIpc) is 3.53. The number of nitrogens with zero attached hydrogens (tertiary/aromatic N) is 2. The fourth-order valence-corrected chi connectivity index (χ4v) is 5.83. The molecule has 0 bridgehead atoms. The summed E-state index contributed by atoms with van der Waals surface area (Å²) in [5.74, 6) is 0. The number of aromatic amines is 1. The molecule has 2 aromatic carbocycles. The lowest BCUT2D eigenvalue weighted by molar-refractivity contribution is 0.101. The van der Waals surface area contributed by atoms with Crippen molar-refractivity contribution in [2.75, 3.05) is 26.7 Å². The molecule has 4 aromatic rings. The van der Waals surface area contributed by atoms with E-state index in [1.165, 1.54) is 0 Å². The van der Waals surface area contributed by atoms with E-state index in [0.29, 0.717) is 0 Å². The van der Waals surface area contributed by atoms with E-state index in [0.717, 1.165) is 46.9 Å². The number of methoxy groups -OCH3 is 1. The van der Waals surface area contributed by atoms with Gasteiger partial charge in [-0.1, -0.05) is 24.3 Å². The van der Waals surface area contributed by atoms with E-state index in [-0.39, 0.29) is 23.6 Å². The monoisotopic (exact) mass is 452 g/mol. The van der Waals surface area contributed by atoms with E-state index in [4.69, 9.17) is 4.74 Å². The Labute approximate surface area is 188 Å². The SMILES string of the molecule is CO[C@@H]1CCN(C(CNS(=O)(=O)c2ccc3cc[nH]c3c2)c2cn(C)c3ccccc23)C1. The number of hydrogen-bond acceptors (Lipinski definition) is 4. The summed E-state index contributed by atoms with van der Waals surface area (Å²) in [6, 6.07) is 15.2. The van der Waals surface area contributed by atoms with E-state index >= 15 is 0 Å². The summed E-state index contributed by atoms with van der Waals surface area (Å²) in [5.41, 5.74) is 3.07. The second kappa shape index (κ2) is 8.37. The van der Waals surface area contributed by atoms with Gasteiger partial charge in [-0.2, -0.15) is 0 Å². The molecule has 1 aliphatic heterocycles. The number of sulfonamides is 1. The predicted molar refractivity (Wildman–Crippen MR) is 126 cm³/mol. The van der Waals surface area contributed by atoms with Gasteiger partial charge in [0.15, 0.2) is 0 Å². The topological polar surface area (TPSA) is 79.4 Å². The Bertz CT molecular complexity index is 1360. The lowest BCUT2D eigenvalue weighted by Gasteiger charge is -2.28. The highest BCUT2D eigenvalue weighted by Crippen LogP contribution is 2.32. The van der Waals surface area contributed by atoms with Crippen LogP contribution in [0, 0.1) is 0 Å². The minimum atomic E-state index is -3.66. The standard InChI is InChI=1S/C24H28N4O3S/c1-27-16-21(20-5-3-4-6-23(20)27)24(28-12-10-18(15-28)31-2)14-26-32(29,30)19-8-7-17-9-11-25-22(17)13-19/h3-9,11,13,16,18,24-26H,10,12,14-15H2,1-2H3/t18-,24?/m1/s1. The molecule has 0 aliphatic carbocycles. The Balaban J connectivity index is 1.46. The summed E-state index contributed by atoms with van der Waals surface area (Å²) in [7, 11) is 0.102. The van der Waals surface area contributed by atoms with Crippen molar-refractivity contribution in [3.63, 3.8) is 0 Å².